The second-order valence-corrected chi connectivity index (χ2v) is 6.12. The minimum absolute atomic E-state index is 0.894. The van der Waals surface area contributed by atoms with Crippen LogP contribution in [0.3, 0.4) is 0 Å². The molecule has 0 radical (unpaired) electrons. The van der Waals surface area contributed by atoms with Crippen molar-refractivity contribution in [1.82, 2.24) is 4.90 Å². The number of ether oxygens (including phenoxy) is 1. The second-order valence-electron chi connectivity index (χ2n) is 6.12. The Labute approximate surface area is 133 Å². The van der Waals surface area contributed by atoms with Gasteiger partial charge in [0.25, 0.3) is 0 Å². The zero-order chi connectivity index (χ0) is 15.2. The summed E-state index contributed by atoms with van der Waals surface area (Å²) in [6.07, 6.45) is 2.38. The van der Waals surface area contributed by atoms with Gasteiger partial charge < -0.3 is 4.74 Å². The molecule has 0 N–H and O–H groups in total. The summed E-state index contributed by atoms with van der Waals surface area (Å²) in [7, 11) is 0. The van der Waals surface area contributed by atoms with Crippen LogP contribution in [0.4, 0.5) is 0 Å². The first-order valence-electron chi connectivity index (χ1n) is 8.27. The van der Waals surface area contributed by atoms with E-state index in [4.69, 9.17) is 4.74 Å². The highest BCUT2D eigenvalue weighted by molar-refractivity contribution is 5.63. The summed E-state index contributed by atoms with van der Waals surface area (Å²) in [6.45, 7) is 7.28. The van der Waals surface area contributed by atoms with Crippen LogP contribution in [0.5, 0.6) is 0 Å². The molecule has 0 unspecified atom stereocenters. The van der Waals surface area contributed by atoms with Crippen LogP contribution in [0.15, 0.2) is 48.5 Å². The van der Waals surface area contributed by atoms with Crippen LogP contribution < -0.4 is 0 Å². The minimum Gasteiger partial charge on any atom is -0.379 e. The Morgan fingerprint density at radius 2 is 1.45 bits per heavy atom. The predicted molar refractivity (Wildman–Crippen MR) is 92.2 cm³/mol. The summed E-state index contributed by atoms with van der Waals surface area (Å²) in [5, 5.41) is 0. The molecular weight excluding hydrogens is 270 g/mol. The molecule has 0 aromatic heterocycles. The summed E-state index contributed by atoms with van der Waals surface area (Å²) >= 11 is 0. The van der Waals surface area contributed by atoms with Crippen LogP contribution in [0.2, 0.25) is 0 Å². The highest BCUT2D eigenvalue weighted by Crippen LogP contribution is 2.20. The second kappa shape index (κ2) is 7.57. The average molecular weight is 295 g/mol. The van der Waals surface area contributed by atoms with Crippen LogP contribution >= 0.6 is 0 Å². The number of aryl methyl sites for hydroxylation is 2. The third kappa shape index (κ3) is 4.19. The van der Waals surface area contributed by atoms with E-state index in [0.717, 1.165) is 32.7 Å². The van der Waals surface area contributed by atoms with E-state index in [1.165, 1.54) is 35.2 Å². The molecule has 116 valence electrons. The van der Waals surface area contributed by atoms with Gasteiger partial charge in [0.15, 0.2) is 0 Å². The van der Waals surface area contributed by atoms with Gasteiger partial charge in [0.2, 0.25) is 0 Å². The largest absolute Gasteiger partial charge is 0.379 e. The molecule has 1 fully saturated rings. The fraction of sp³-hybridized carbons (Fsp3) is 0.400. The number of nitrogens with zero attached hydrogens (tertiary/aromatic N) is 1. The van der Waals surface area contributed by atoms with Gasteiger partial charge in [-0.2, -0.15) is 0 Å². The number of benzene rings is 2. The monoisotopic (exact) mass is 295 g/mol. The first kappa shape index (κ1) is 15.3. The van der Waals surface area contributed by atoms with Gasteiger partial charge in [-0.1, -0.05) is 54.1 Å². The lowest BCUT2D eigenvalue weighted by Gasteiger charge is -2.26. The number of hydrogen-bond acceptors (Lipinski definition) is 2. The van der Waals surface area contributed by atoms with Crippen LogP contribution in [0, 0.1) is 6.92 Å². The van der Waals surface area contributed by atoms with Crippen molar-refractivity contribution < 1.29 is 4.74 Å². The number of morpholine rings is 1. The van der Waals surface area contributed by atoms with Crippen molar-refractivity contribution in [3.63, 3.8) is 0 Å². The van der Waals surface area contributed by atoms with Gasteiger partial charge >= 0.3 is 0 Å². The highest BCUT2D eigenvalue weighted by Gasteiger charge is 2.09. The summed E-state index contributed by atoms with van der Waals surface area (Å²) in [4.78, 5) is 2.50. The molecule has 2 heteroatoms. The van der Waals surface area contributed by atoms with E-state index in [1.807, 2.05) is 0 Å². The average Bonchev–Trinajstić information content (AvgIpc) is 2.57. The Kier molecular flexibility index (Phi) is 5.25. The normalized spacial score (nSPS) is 15.9. The van der Waals surface area contributed by atoms with Crippen molar-refractivity contribution in [2.45, 2.75) is 19.8 Å². The molecule has 0 saturated carbocycles. The van der Waals surface area contributed by atoms with Gasteiger partial charge in [-0.3, -0.25) is 4.90 Å². The molecule has 2 aromatic carbocycles. The highest BCUT2D eigenvalue weighted by atomic mass is 16.5. The van der Waals surface area contributed by atoms with E-state index < -0.39 is 0 Å². The van der Waals surface area contributed by atoms with Crippen LogP contribution in [0.25, 0.3) is 11.1 Å². The number of rotatable bonds is 5. The number of hydrogen-bond donors (Lipinski definition) is 0. The molecule has 1 saturated heterocycles. The zero-order valence-corrected chi connectivity index (χ0v) is 13.4. The molecule has 0 amide bonds. The topological polar surface area (TPSA) is 12.5 Å². The van der Waals surface area contributed by atoms with E-state index in [0.29, 0.717) is 0 Å². The van der Waals surface area contributed by atoms with Gasteiger partial charge in [0.05, 0.1) is 13.2 Å². The predicted octanol–water partition coefficient (Wildman–Crippen LogP) is 3.93. The van der Waals surface area contributed by atoms with Gasteiger partial charge in [-0.05, 0) is 43.0 Å². The molecule has 0 bridgehead atoms. The smallest absolute Gasteiger partial charge is 0.0594 e. The quantitative estimate of drug-likeness (QED) is 0.829. The van der Waals surface area contributed by atoms with E-state index in [1.54, 1.807) is 0 Å². The Morgan fingerprint density at radius 1 is 0.864 bits per heavy atom. The van der Waals surface area contributed by atoms with Crippen LogP contribution in [0.1, 0.15) is 17.5 Å². The fourth-order valence-electron chi connectivity index (χ4n) is 2.94. The maximum atomic E-state index is 5.39. The van der Waals surface area contributed by atoms with Crippen molar-refractivity contribution in [2.75, 3.05) is 32.8 Å². The SMILES string of the molecule is Cc1ccc(-c2ccc(CCCN3CCOCC3)cc2)cc1. The van der Waals surface area contributed by atoms with Gasteiger partial charge in [-0.15, -0.1) is 0 Å². The lowest BCUT2D eigenvalue weighted by molar-refractivity contribution is 0.0375. The molecule has 1 heterocycles. The van der Waals surface area contributed by atoms with Crippen molar-refractivity contribution in [3.8, 4) is 11.1 Å². The molecule has 0 aliphatic carbocycles. The molecule has 22 heavy (non-hydrogen) atoms. The zero-order valence-electron chi connectivity index (χ0n) is 13.4. The molecule has 0 spiro atoms. The van der Waals surface area contributed by atoms with Gasteiger partial charge in [-0.25, -0.2) is 0 Å². The Balaban J connectivity index is 1.51. The van der Waals surface area contributed by atoms with E-state index >= 15 is 0 Å². The van der Waals surface area contributed by atoms with Crippen LogP contribution in [-0.4, -0.2) is 37.7 Å². The van der Waals surface area contributed by atoms with Crippen molar-refractivity contribution in [1.29, 1.82) is 0 Å². The third-order valence-corrected chi connectivity index (χ3v) is 4.38. The van der Waals surface area contributed by atoms with E-state index in [-0.39, 0.29) is 0 Å². The molecule has 1 aliphatic heterocycles. The molecule has 1 aliphatic rings. The Morgan fingerprint density at radius 3 is 2.09 bits per heavy atom. The van der Waals surface area contributed by atoms with Crippen LogP contribution in [-0.2, 0) is 11.2 Å². The summed E-state index contributed by atoms with van der Waals surface area (Å²) in [5.41, 5.74) is 5.34. The van der Waals surface area contributed by atoms with Gasteiger partial charge in [0.1, 0.15) is 0 Å². The molecule has 2 nitrogen and oxygen atoms in total. The molecule has 3 rings (SSSR count). The minimum atomic E-state index is 0.894. The first-order valence-corrected chi connectivity index (χ1v) is 8.27. The lowest BCUT2D eigenvalue weighted by Crippen LogP contribution is -2.36. The molecule has 0 atom stereocenters. The third-order valence-electron chi connectivity index (χ3n) is 4.38. The van der Waals surface area contributed by atoms with Crippen molar-refractivity contribution in [3.05, 3.63) is 59.7 Å². The Bertz CT molecular complexity index is 568. The maximum absolute atomic E-state index is 5.39. The summed E-state index contributed by atoms with van der Waals surface area (Å²) in [6, 6.07) is 17.8. The molecule has 2 aromatic rings. The maximum Gasteiger partial charge on any atom is 0.0594 e. The first-order chi connectivity index (χ1) is 10.8. The standard InChI is InChI=1S/C20H25NO/c1-17-4-8-19(9-5-17)20-10-6-18(7-11-20)3-2-12-21-13-15-22-16-14-21/h4-11H,2-3,12-16H2,1H3. The van der Waals surface area contributed by atoms with E-state index in [2.05, 4.69) is 60.4 Å². The fourth-order valence-corrected chi connectivity index (χ4v) is 2.94. The van der Waals surface area contributed by atoms with Gasteiger partial charge in [0, 0.05) is 13.1 Å². The Hall–Kier alpha value is -1.64. The van der Waals surface area contributed by atoms with Crippen molar-refractivity contribution in [2.24, 2.45) is 0 Å². The summed E-state index contributed by atoms with van der Waals surface area (Å²) in [5.74, 6) is 0. The van der Waals surface area contributed by atoms with Crippen molar-refractivity contribution >= 4 is 0 Å². The molecular formula is C20H25NO. The lowest BCUT2D eigenvalue weighted by atomic mass is 10.0. The summed E-state index contributed by atoms with van der Waals surface area (Å²) < 4.78 is 5.39. The van der Waals surface area contributed by atoms with E-state index in [9.17, 15) is 0 Å².